The minimum Gasteiger partial charge on any atom is -0.469 e. The molecule has 0 radical (unpaired) electrons. The number of H-pyrrole nitrogens is 2. The average molecular weight is 804 g/mol. The standard InChI is InChI=1S/C46H57N7O6/c1-24(2)33(21-40(54)58-8)44(55)52-22-26(5)16-38(52)42-47-34-14-11-30(19-36(34)49-42)29-10-13-32(28(7)18-29)31-12-15-35-37(20-31)50-43(48-35)39-17-27(6)23-53(39)45(56)41(25(3)4)51-46(57)59-9/h10-15,18-20,24-27,33,38-39,41H,16-17,21-23H2,1-9H3,(H,47,49)(H,48,50)(H,51,57)/t26-,27-,33+,38+,39+,41+/m1/s1. The number of alkyl carbamates (subject to hydrolysis) is 1. The number of fused-ring (bicyclic) bond motifs is 2. The van der Waals surface area contributed by atoms with E-state index in [1.165, 1.54) is 14.2 Å². The molecule has 0 bridgehead atoms. The molecule has 7 rings (SSSR count). The van der Waals surface area contributed by atoms with E-state index in [-0.39, 0.29) is 54.0 Å². The zero-order chi connectivity index (χ0) is 42.3. The molecule has 0 aliphatic carbocycles. The Morgan fingerprint density at radius 2 is 1.25 bits per heavy atom. The van der Waals surface area contributed by atoms with Crippen LogP contribution < -0.4 is 5.32 Å². The van der Waals surface area contributed by atoms with Gasteiger partial charge >= 0.3 is 12.1 Å². The van der Waals surface area contributed by atoms with Crippen LogP contribution in [0.25, 0.3) is 44.3 Å². The molecule has 2 aliphatic heterocycles. The second-order valence-corrected chi connectivity index (χ2v) is 17.4. The number of hydrogen-bond acceptors (Lipinski definition) is 8. The van der Waals surface area contributed by atoms with Crippen molar-refractivity contribution in [1.82, 2.24) is 35.1 Å². The number of aromatic amines is 2. The number of nitrogens with one attached hydrogen (secondary N) is 3. The lowest BCUT2D eigenvalue weighted by molar-refractivity contribution is -0.148. The van der Waals surface area contributed by atoms with Gasteiger partial charge in [0.2, 0.25) is 11.8 Å². The van der Waals surface area contributed by atoms with Crippen LogP contribution in [0.3, 0.4) is 0 Å². The molecule has 2 aromatic heterocycles. The number of esters is 1. The lowest BCUT2D eigenvalue weighted by atomic mass is 9.91. The first-order valence-corrected chi connectivity index (χ1v) is 20.8. The summed E-state index contributed by atoms with van der Waals surface area (Å²) < 4.78 is 9.72. The van der Waals surface area contributed by atoms with Gasteiger partial charge in [-0.15, -0.1) is 0 Å². The molecule has 5 aromatic rings. The molecule has 312 valence electrons. The van der Waals surface area contributed by atoms with E-state index in [1.807, 2.05) is 49.6 Å². The van der Waals surface area contributed by atoms with Crippen molar-refractivity contribution < 1.29 is 28.7 Å². The molecule has 59 heavy (non-hydrogen) atoms. The summed E-state index contributed by atoms with van der Waals surface area (Å²) in [4.78, 5) is 72.7. The van der Waals surface area contributed by atoms with Gasteiger partial charge in [-0.05, 0) is 95.5 Å². The predicted molar refractivity (Wildman–Crippen MR) is 227 cm³/mol. The van der Waals surface area contributed by atoms with Gasteiger partial charge in [-0.1, -0.05) is 71.9 Å². The maximum absolute atomic E-state index is 13.9. The van der Waals surface area contributed by atoms with Gasteiger partial charge in [0.15, 0.2) is 0 Å². The number of carbonyl (C=O) groups is 4. The summed E-state index contributed by atoms with van der Waals surface area (Å²) in [6, 6.07) is 17.8. The van der Waals surface area contributed by atoms with Crippen LogP contribution in [0.4, 0.5) is 4.79 Å². The molecule has 2 aliphatic rings. The molecule has 13 nitrogen and oxygen atoms in total. The van der Waals surface area contributed by atoms with E-state index in [4.69, 9.17) is 19.4 Å². The zero-order valence-corrected chi connectivity index (χ0v) is 35.6. The first-order chi connectivity index (χ1) is 28.1. The van der Waals surface area contributed by atoms with E-state index >= 15 is 0 Å². The van der Waals surface area contributed by atoms with Crippen LogP contribution in [-0.4, -0.2) is 87.0 Å². The van der Waals surface area contributed by atoms with Crippen molar-refractivity contribution in [2.24, 2.45) is 29.6 Å². The number of likely N-dealkylation sites (tertiary alicyclic amines) is 2. The van der Waals surface area contributed by atoms with Gasteiger partial charge in [0.1, 0.15) is 17.7 Å². The summed E-state index contributed by atoms with van der Waals surface area (Å²) in [6.07, 6.45) is 0.996. The molecule has 3 N–H and O–H groups in total. The van der Waals surface area contributed by atoms with Crippen LogP contribution in [0.15, 0.2) is 54.6 Å². The summed E-state index contributed by atoms with van der Waals surface area (Å²) in [5, 5.41) is 2.73. The summed E-state index contributed by atoms with van der Waals surface area (Å²) >= 11 is 0. The van der Waals surface area contributed by atoms with E-state index < -0.39 is 18.1 Å². The fraction of sp³-hybridized carbons (Fsp3) is 0.478. The summed E-state index contributed by atoms with van der Waals surface area (Å²) in [5.41, 5.74) is 8.85. The van der Waals surface area contributed by atoms with Gasteiger partial charge in [-0.3, -0.25) is 14.4 Å². The number of hydrogen-bond donors (Lipinski definition) is 3. The number of nitrogens with zero attached hydrogens (tertiary/aromatic N) is 4. The molecule has 3 aromatic carbocycles. The molecule has 4 heterocycles. The summed E-state index contributed by atoms with van der Waals surface area (Å²) in [7, 11) is 2.65. The van der Waals surface area contributed by atoms with Crippen LogP contribution >= 0.6 is 0 Å². The molecule has 2 saturated heterocycles. The van der Waals surface area contributed by atoms with Crippen LogP contribution in [0.1, 0.15) is 90.1 Å². The highest BCUT2D eigenvalue weighted by atomic mass is 16.5. The third-order valence-electron chi connectivity index (χ3n) is 12.2. The topological polar surface area (TPSA) is 163 Å². The number of ether oxygens (including phenoxy) is 2. The molecule has 0 unspecified atom stereocenters. The van der Waals surface area contributed by atoms with Crippen LogP contribution in [-0.2, 0) is 23.9 Å². The number of imidazole rings is 2. The van der Waals surface area contributed by atoms with E-state index in [0.717, 1.165) is 74.4 Å². The molecular weight excluding hydrogens is 747 g/mol. The number of aromatic nitrogens is 4. The number of benzene rings is 3. The molecule has 0 spiro atoms. The Hall–Kier alpha value is -5.72. The highest BCUT2D eigenvalue weighted by Crippen LogP contribution is 2.39. The average Bonchev–Trinajstić information content (AvgIpc) is 4.01. The van der Waals surface area contributed by atoms with Gasteiger partial charge in [0.25, 0.3) is 0 Å². The fourth-order valence-electron chi connectivity index (χ4n) is 8.95. The number of methoxy groups -OCH3 is 2. The fourth-order valence-corrected chi connectivity index (χ4v) is 8.95. The number of aryl methyl sites for hydroxylation is 1. The second kappa shape index (κ2) is 16.9. The molecular formula is C46H57N7O6. The Kier molecular flexibility index (Phi) is 11.8. The zero-order valence-electron chi connectivity index (χ0n) is 35.6. The normalized spacial score (nSPS) is 20.5. The number of rotatable bonds is 11. The Bertz CT molecular complexity index is 2380. The quantitative estimate of drug-likeness (QED) is 0.113. The Labute approximate surface area is 345 Å². The van der Waals surface area contributed by atoms with Gasteiger partial charge in [-0.25, -0.2) is 14.8 Å². The van der Waals surface area contributed by atoms with E-state index in [9.17, 15) is 19.2 Å². The molecule has 3 amide bonds. The maximum atomic E-state index is 13.9. The predicted octanol–water partition coefficient (Wildman–Crippen LogP) is 8.12. The molecule has 2 fully saturated rings. The summed E-state index contributed by atoms with van der Waals surface area (Å²) in [6.45, 7) is 15.4. The van der Waals surface area contributed by atoms with Crippen molar-refractivity contribution in [3.05, 3.63) is 71.8 Å². The van der Waals surface area contributed by atoms with Crippen molar-refractivity contribution in [2.45, 2.75) is 85.9 Å². The minimum atomic E-state index is -0.705. The smallest absolute Gasteiger partial charge is 0.407 e. The van der Waals surface area contributed by atoms with Crippen molar-refractivity contribution >= 4 is 45.9 Å². The van der Waals surface area contributed by atoms with Crippen LogP contribution in [0.2, 0.25) is 0 Å². The molecule has 13 heteroatoms. The Balaban J connectivity index is 1.10. The van der Waals surface area contributed by atoms with Crippen molar-refractivity contribution in [1.29, 1.82) is 0 Å². The molecule has 6 atom stereocenters. The number of carbonyl (C=O) groups excluding carboxylic acids is 4. The minimum absolute atomic E-state index is 0.00838. The highest BCUT2D eigenvalue weighted by Gasteiger charge is 2.41. The summed E-state index contributed by atoms with van der Waals surface area (Å²) in [5.74, 6) is 0.942. The molecule has 0 saturated carbocycles. The van der Waals surface area contributed by atoms with Crippen molar-refractivity contribution in [3.63, 3.8) is 0 Å². The SMILES string of the molecule is COC(=O)C[C@H](C(=O)N1C[C@H](C)C[C@H]1c1nc2ccc(-c3ccc(-c4ccc5nc([C@@H]6C[C@@H](C)CN6C(=O)[C@@H](NC(=O)OC)C(C)C)[nH]c5c4)c(C)c3)cc2[nH]1)C(C)C. The Morgan fingerprint density at radius 1 is 0.729 bits per heavy atom. The second-order valence-electron chi connectivity index (χ2n) is 17.4. The third-order valence-corrected chi connectivity index (χ3v) is 12.2. The van der Waals surface area contributed by atoms with Gasteiger partial charge < -0.3 is 34.6 Å². The van der Waals surface area contributed by atoms with Crippen LogP contribution in [0, 0.1) is 36.5 Å². The Morgan fingerprint density at radius 3 is 1.78 bits per heavy atom. The van der Waals surface area contributed by atoms with Gasteiger partial charge in [0.05, 0.1) is 60.7 Å². The maximum Gasteiger partial charge on any atom is 0.407 e. The van der Waals surface area contributed by atoms with Crippen molar-refractivity contribution in [2.75, 3.05) is 27.3 Å². The third kappa shape index (κ3) is 8.42. The highest BCUT2D eigenvalue weighted by molar-refractivity contribution is 5.88. The van der Waals surface area contributed by atoms with E-state index in [1.54, 1.807) is 0 Å². The first kappa shape index (κ1) is 41.4. The van der Waals surface area contributed by atoms with Crippen LogP contribution in [0.5, 0.6) is 0 Å². The first-order valence-electron chi connectivity index (χ1n) is 20.8. The largest absolute Gasteiger partial charge is 0.469 e. The van der Waals surface area contributed by atoms with Gasteiger partial charge in [-0.2, -0.15) is 0 Å². The number of amides is 3. The van der Waals surface area contributed by atoms with E-state index in [2.05, 4.69) is 78.5 Å². The van der Waals surface area contributed by atoms with Crippen molar-refractivity contribution in [3.8, 4) is 22.3 Å². The van der Waals surface area contributed by atoms with Gasteiger partial charge in [0, 0.05) is 13.1 Å². The lowest BCUT2D eigenvalue weighted by Gasteiger charge is -2.30. The monoisotopic (exact) mass is 803 g/mol. The van der Waals surface area contributed by atoms with E-state index in [0.29, 0.717) is 19.0 Å². The lowest BCUT2D eigenvalue weighted by Crippen LogP contribution is -2.51.